The van der Waals surface area contributed by atoms with Crippen LogP contribution >= 0.6 is 0 Å². The minimum Gasteiger partial charge on any atom is -0.330 e. The Morgan fingerprint density at radius 1 is 0.500 bits per heavy atom. The van der Waals surface area contributed by atoms with Gasteiger partial charge in [0.15, 0.2) is 0 Å². The van der Waals surface area contributed by atoms with Gasteiger partial charge in [-0.15, -0.1) is 0 Å². The normalized spacial score (nSPS) is 11.2. The van der Waals surface area contributed by atoms with Crippen LogP contribution in [0.25, 0.3) is 0 Å². The molecule has 2 nitrogen and oxygen atoms in total. The molecule has 0 fully saturated rings. The van der Waals surface area contributed by atoms with Gasteiger partial charge >= 0.3 is 0 Å². The van der Waals surface area contributed by atoms with Crippen LogP contribution in [0.3, 0.4) is 0 Å². The van der Waals surface area contributed by atoms with Gasteiger partial charge in [0.2, 0.25) is 0 Å². The quantitative estimate of drug-likeness (QED) is 0.304. The summed E-state index contributed by atoms with van der Waals surface area (Å²) in [5, 5.41) is 3.58. The molecule has 22 heavy (non-hydrogen) atoms. The van der Waals surface area contributed by atoms with Crippen molar-refractivity contribution in [3.63, 3.8) is 0 Å². The van der Waals surface area contributed by atoms with Crippen LogP contribution in [0.4, 0.5) is 0 Å². The molecule has 0 unspecified atom stereocenters. The van der Waals surface area contributed by atoms with Crippen molar-refractivity contribution in [2.45, 2.75) is 103 Å². The Kier molecular flexibility index (Phi) is 20.8. The Balaban J connectivity index is 2.91. The van der Waals surface area contributed by atoms with E-state index in [2.05, 4.69) is 12.2 Å². The molecule has 133 valence electrons. The van der Waals surface area contributed by atoms with Crippen molar-refractivity contribution in [1.82, 2.24) is 5.32 Å². The van der Waals surface area contributed by atoms with Gasteiger partial charge in [0.1, 0.15) is 0 Å². The van der Waals surface area contributed by atoms with Crippen molar-refractivity contribution in [2.75, 3.05) is 19.6 Å². The van der Waals surface area contributed by atoms with Crippen LogP contribution < -0.4 is 11.1 Å². The molecule has 0 saturated carbocycles. The molecule has 0 heterocycles. The third-order valence-electron chi connectivity index (χ3n) is 4.41. The molecular formula is C20H43N2. The molecule has 0 rings (SSSR count). The maximum Gasteiger partial charge on any atom is -0.00489 e. The van der Waals surface area contributed by atoms with Gasteiger partial charge in [-0.05, 0) is 38.9 Å². The lowest BCUT2D eigenvalue weighted by Crippen LogP contribution is -2.16. The van der Waals surface area contributed by atoms with Crippen molar-refractivity contribution in [1.29, 1.82) is 0 Å². The monoisotopic (exact) mass is 311 g/mol. The summed E-state index contributed by atoms with van der Waals surface area (Å²) in [5.41, 5.74) is 5.49. The zero-order chi connectivity index (χ0) is 16.1. The van der Waals surface area contributed by atoms with Crippen LogP contribution in [0.15, 0.2) is 0 Å². The number of nitrogens with two attached hydrogens (primary N) is 1. The van der Waals surface area contributed by atoms with Crippen LogP contribution in [-0.4, -0.2) is 19.6 Å². The van der Waals surface area contributed by atoms with E-state index >= 15 is 0 Å². The summed E-state index contributed by atoms with van der Waals surface area (Å²) in [5.74, 6) is 0. The SMILES string of the molecule is [CH2]CCCCCCCNCCCCCCCCCCCCN. The largest absolute Gasteiger partial charge is 0.330 e. The van der Waals surface area contributed by atoms with Crippen molar-refractivity contribution < 1.29 is 0 Å². The van der Waals surface area contributed by atoms with Gasteiger partial charge in [0.05, 0.1) is 0 Å². The number of unbranched alkanes of at least 4 members (excludes halogenated alkanes) is 14. The fraction of sp³-hybridized carbons (Fsp3) is 0.950. The molecule has 2 heteroatoms. The minimum atomic E-state index is 0.866. The number of nitrogens with one attached hydrogen (secondary N) is 1. The average molecular weight is 312 g/mol. The van der Waals surface area contributed by atoms with Gasteiger partial charge in [-0.3, -0.25) is 0 Å². The predicted octanol–water partition coefficient (Wildman–Crippen LogP) is 5.61. The second-order valence-corrected chi connectivity index (χ2v) is 6.70. The van der Waals surface area contributed by atoms with Gasteiger partial charge in [-0.25, -0.2) is 0 Å². The molecule has 1 radical (unpaired) electrons. The van der Waals surface area contributed by atoms with Crippen LogP contribution in [0.1, 0.15) is 103 Å². The van der Waals surface area contributed by atoms with E-state index in [1.165, 1.54) is 109 Å². The van der Waals surface area contributed by atoms with E-state index in [1.54, 1.807) is 0 Å². The van der Waals surface area contributed by atoms with Gasteiger partial charge in [0, 0.05) is 0 Å². The maximum absolute atomic E-state index is 5.49. The van der Waals surface area contributed by atoms with Gasteiger partial charge in [-0.2, -0.15) is 0 Å². The van der Waals surface area contributed by atoms with E-state index in [0.29, 0.717) is 0 Å². The van der Waals surface area contributed by atoms with Crippen molar-refractivity contribution in [2.24, 2.45) is 5.73 Å². The molecular weight excluding hydrogens is 268 g/mol. The summed E-state index contributed by atoms with van der Waals surface area (Å²) in [6.07, 6.45) is 21.7. The number of hydrogen-bond acceptors (Lipinski definition) is 2. The maximum atomic E-state index is 5.49. The highest BCUT2D eigenvalue weighted by Gasteiger charge is 1.94. The first-order chi connectivity index (χ1) is 10.9. The smallest absolute Gasteiger partial charge is 0.00489 e. The van der Waals surface area contributed by atoms with E-state index in [1.807, 2.05) is 0 Å². The molecule has 0 amide bonds. The minimum absolute atomic E-state index is 0.866. The number of hydrogen-bond donors (Lipinski definition) is 2. The summed E-state index contributed by atoms with van der Waals surface area (Å²) in [7, 11) is 0. The zero-order valence-electron chi connectivity index (χ0n) is 15.2. The molecule has 0 bridgehead atoms. The first kappa shape index (κ1) is 21.9. The lowest BCUT2D eigenvalue weighted by Gasteiger charge is -2.05. The van der Waals surface area contributed by atoms with E-state index < -0.39 is 0 Å². The fourth-order valence-corrected chi connectivity index (χ4v) is 2.89. The van der Waals surface area contributed by atoms with Crippen LogP contribution in [0.2, 0.25) is 0 Å². The van der Waals surface area contributed by atoms with Gasteiger partial charge in [-0.1, -0.05) is 90.4 Å². The molecule has 0 saturated heterocycles. The summed E-state index contributed by atoms with van der Waals surface area (Å²) in [6.45, 7) is 7.18. The molecule has 0 aliphatic heterocycles. The highest BCUT2D eigenvalue weighted by Crippen LogP contribution is 2.10. The van der Waals surface area contributed by atoms with Crippen molar-refractivity contribution >= 4 is 0 Å². The van der Waals surface area contributed by atoms with Crippen LogP contribution in [-0.2, 0) is 0 Å². The molecule has 0 atom stereocenters. The second kappa shape index (κ2) is 20.9. The second-order valence-electron chi connectivity index (χ2n) is 6.70. The topological polar surface area (TPSA) is 38.0 Å². The Labute approximate surface area is 141 Å². The summed E-state index contributed by atoms with van der Waals surface area (Å²) >= 11 is 0. The summed E-state index contributed by atoms with van der Waals surface area (Å²) < 4.78 is 0. The van der Waals surface area contributed by atoms with Gasteiger partial charge in [0.25, 0.3) is 0 Å². The van der Waals surface area contributed by atoms with E-state index in [0.717, 1.165) is 13.0 Å². The molecule has 0 aliphatic carbocycles. The zero-order valence-corrected chi connectivity index (χ0v) is 15.2. The molecule has 3 N–H and O–H groups in total. The molecule has 0 aromatic heterocycles. The lowest BCUT2D eigenvalue weighted by atomic mass is 10.1. The third-order valence-corrected chi connectivity index (χ3v) is 4.41. The average Bonchev–Trinajstić information content (AvgIpc) is 2.54. The van der Waals surface area contributed by atoms with Crippen LogP contribution in [0, 0.1) is 6.92 Å². The number of rotatable bonds is 19. The fourth-order valence-electron chi connectivity index (χ4n) is 2.89. The highest BCUT2D eigenvalue weighted by atomic mass is 14.8. The van der Waals surface area contributed by atoms with E-state index in [9.17, 15) is 0 Å². The van der Waals surface area contributed by atoms with Crippen molar-refractivity contribution in [3.05, 3.63) is 6.92 Å². The molecule has 0 aromatic rings. The van der Waals surface area contributed by atoms with Crippen LogP contribution in [0.5, 0.6) is 0 Å². The Hall–Kier alpha value is -0.0800. The Morgan fingerprint density at radius 3 is 1.27 bits per heavy atom. The highest BCUT2D eigenvalue weighted by molar-refractivity contribution is 4.52. The van der Waals surface area contributed by atoms with Crippen molar-refractivity contribution in [3.8, 4) is 0 Å². The predicted molar refractivity (Wildman–Crippen MR) is 101 cm³/mol. The summed E-state index contributed by atoms with van der Waals surface area (Å²) in [6, 6.07) is 0. The Bertz CT molecular complexity index is 163. The molecule has 0 aromatic carbocycles. The van der Waals surface area contributed by atoms with E-state index in [4.69, 9.17) is 5.73 Å². The lowest BCUT2D eigenvalue weighted by molar-refractivity contribution is 0.531. The first-order valence-electron chi connectivity index (χ1n) is 10.1. The Morgan fingerprint density at radius 2 is 0.864 bits per heavy atom. The third kappa shape index (κ3) is 19.9. The summed E-state index contributed by atoms with van der Waals surface area (Å²) in [4.78, 5) is 0. The van der Waals surface area contributed by atoms with E-state index in [-0.39, 0.29) is 0 Å². The molecule has 0 aliphatic rings. The van der Waals surface area contributed by atoms with Gasteiger partial charge < -0.3 is 11.1 Å². The standard InChI is InChI=1S/C20H43N2/c1-2-3-4-5-13-16-19-22-20-17-14-11-9-7-6-8-10-12-15-18-21/h22H,1-21H2. The molecule has 0 spiro atoms. The first-order valence-corrected chi connectivity index (χ1v) is 10.1.